The summed E-state index contributed by atoms with van der Waals surface area (Å²) in [6.45, 7) is 1.86. The molecule has 10 heteroatoms. The lowest BCUT2D eigenvalue weighted by atomic mass is 10.1. The van der Waals surface area contributed by atoms with Crippen LogP contribution in [0.2, 0.25) is 0 Å². The van der Waals surface area contributed by atoms with Gasteiger partial charge in [0.1, 0.15) is 5.82 Å². The summed E-state index contributed by atoms with van der Waals surface area (Å²) in [7, 11) is -3.72. The molecule has 156 valence electrons. The first kappa shape index (κ1) is 23.0. The van der Waals surface area contributed by atoms with Crippen LogP contribution in [0.15, 0.2) is 51.8 Å². The Labute approximate surface area is 177 Å². The molecule has 0 fully saturated rings. The van der Waals surface area contributed by atoms with E-state index < -0.39 is 21.7 Å². The van der Waals surface area contributed by atoms with E-state index in [0.29, 0.717) is 10.0 Å². The molecule has 29 heavy (non-hydrogen) atoms. The van der Waals surface area contributed by atoms with Crippen molar-refractivity contribution in [2.75, 3.05) is 19.6 Å². The van der Waals surface area contributed by atoms with Crippen molar-refractivity contribution >= 4 is 37.8 Å². The minimum atomic E-state index is -3.72. The fourth-order valence-electron chi connectivity index (χ4n) is 2.34. The van der Waals surface area contributed by atoms with Crippen LogP contribution >= 0.6 is 15.9 Å². The fraction of sp³-hybridized carbons (Fsp3) is 0.263. The fourth-order valence-corrected chi connectivity index (χ4v) is 4.37. The Hall–Kier alpha value is -2.30. The zero-order valence-corrected chi connectivity index (χ0v) is 18.1. The molecule has 7 nitrogen and oxygen atoms in total. The Morgan fingerprint density at radius 3 is 2.41 bits per heavy atom. The molecule has 0 aliphatic heterocycles. The highest BCUT2D eigenvalue weighted by molar-refractivity contribution is 9.10. The molecular formula is C19H21BrFN3O4S. The van der Waals surface area contributed by atoms with E-state index in [4.69, 9.17) is 0 Å². The number of halogens is 2. The molecule has 2 aromatic carbocycles. The van der Waals surface area contributed by atoms with Gasteiger partial charge in [-0.05, 0) is 52.7 Å². The summed E-state index contributed by atoms with van der Waals surface area (Å²) in [6.07, 6.45) is -0.0548. The summed E-state index contributed by atoms with van der Waals surface area (Å²) in [6, 6.07) is 10.6. The third-order valence-corrected chi connectivity index (χ3v) is 6.41. The summed E-state index contributed by atoms with van der Waals surface area (Å²) in [4.78, 5) is 23.8. The van der Waals surface area contributed by atoms with Crippen LogP contribution < -0.4 is 15.4 Å². The number of sulfonamides is 1. The first-order valence-corrected chi connectivity index (χ1v) is 11.0. The number of amides is 2. The van der Waals surface area contributed by atoms with Crippen molar-refractivity contribution in [3.05, 3.63) is 63.9 Å². The Morgan fingerprint density at radius 2 is 1.72 bits per heavy atom. The molecule has 0 aromatic heterocycles. The van der Waals surface area contributed by atoms with Crippen LogP contribution in [0.3, 0.4) is 0 Å². The quantitative estimate of drug-likeness (QED) is 0.473. The van der Waals surface area contributed by atoms with Gasteiger partial charge < -0.3 is 10.6 Å². The number of benzene rings is 2. The van der Waals surface area contributed by atoms with Crippen LogP contribution in [0.25, 0.3) is 0 Å². The third-order valence-electron chi connectivity index (χ3n) is 3.94. The minimum Gasteiger partial charge on any atom is -0.354 e. The zero-order chi connectivity index (χ0) is 21.4. The maximum Gasteiger partial charge on any atom is 0.251 e. The van der Waals surface area contributed by atoms with E-state index in [1.54, 1.807) is 25.1 Å². The topological polar surface area (TPSA) is 104 Å². The molecule has 0 heterocycles. The van der Waals surface area contributed by atoms with Crippen LogP contribution in [0, 0.1) is 12.7 Å². The summed E-state index contributed by atoms with van der Waals surface area (Å²) >= 11 is 3.18. The summed E-state index contributed by atoms with van der Waals surface area (Å²) in [5.74, 6) is -1.27. The van der Waals surface area contributed by atoms with Crippen LogP contribution in [-0.2, 0) is 14.8 Å². The molecule has 0 radical (unpaired) electrons. The van der Waals surface area contributed by atoms with Crippen molar-refractivity contribution in [2.24, 2.45) is 0 Å². The average Bonchev–Trinajstić information content (AvgIpc) is 2.67. The van der Waals surface area contributed by atoms with Crippen molar-refractivity contribution in [3.63, 3.8) is 0 Å². The van der Waals surface area contributed by atoms with E-state index in [2.05, 4.69) is 31.3 Å². The first-order chi connectivity index (χ1) is 13.7. The molecule has 0 saturated carbocycles. The largest absolute Gasteiger partial charge is 0.354 e. The van der Waals surface area contributed by atoms with Crippen LogP contribution in [-0.4, -0.2) is 39.9 Å². The van der Waals surface area contributed by atoms with Gasteiger partial charge in [-0.2, -0.15) is 0 Å². The maximum atomic E-state index is 13.5. The van der Waals surface area contributed by atoms with E-state index in [-0.39, 0.29) is 42.4 Å². The number of rotatable bonds is 9. The Bertz CT molecular complexity index is 999. The molecule has 0 aliphatic carbocycles. The first-order valence-electron chi connectivity index (χ1n) is 8.76. The molecule has 0 bridgehead atoms. The Balaban J connectivity index is 1.69. The summed E-state index contributed by atoms with van der Waals surface area (Å²) in [5, 5.41) is 5.15. The number of carbonyl (C=O) groups excluding carboxylic acids is 2. The third kappa shape index (κ3) is 6.91. The number of aryl methyl sites for hydroxylation is 1. The average molecular weight is 486 g/mol. The van der Waals surface area contributed by atoms with Gasteiger partial charge in [0.05, 0.1) is 4.90 Å². The minimum absolute atomic E-state index is 0.0548. The predicted molar refractivity (Wildman–Crippen MR) is 110 cm³/mol. The highest BCUT2D eigenvalue weighted by atomic mass is 79.9. The second kappa shape index (κ2) is 10.5. The Morgan fingerprint density at radius 1 is 1.03 bits per heavy atom. The molecule has 2 aromatic rings. The summed E-state index contributed by atoms with van der Waals surface area (Å²) < 4.78 is 40.7. The lowest BCUT2D eigenvalue weighted by molar-refractivity contribution is -0.120. The molecule has 0 aliphatic rings. The van der Waals surface area contributed by atoms with E-state index >= 15 is 0 Å². The van der Waals surface area contributed by atoms with E-state index in [9.17, 15) is 22.4 Å². The second-order valence-corrected chi connectivity index (χ2v) is 8.74. The van der Waals surface area contributed by atoms with E-state index in [1.807, 2.05) is 0 Å². The van der Waals surface area contributed by atoms with Gasteiger partial charge in [0.15, 0.2) is 0 Å². The zero-order valence-electron chi connectivity index (χ0n) is 15.7. The van der Waals surface area contributed by atoms with Gasteiger partial charge in [-0.1, -0.05) is 18.2 Å². The van der Waals surface area contributed by atoms with Gasteiger partial charge in [0.2, 0.25) is 15.9 Å². The smallest absolute Gasteiger partial charge is 0.251 e. The van der Waals surface area contributed by atoms with Gasteiger partial charge in [-0.3, -0.25) is 9.59 Å². The summed E-state index contributed by atoms with van der Waals surface area (Å²) in [5.41, 5.74) is 0.643. The number of hydrogen-bond donors (Lipinski definition) is 3. The monoisotopic (exact) mass is 485 g/mol. The molecule has 0 atom stereocenters. The Kier molecular flexibility index (Phi) is 8.30. The SMILES string of the molecule is Cc1ccc(C(=O)NCCNC(=O)CCNS(=O)(=O)c2ccccc2Br)cc1F. The van der Waals surface area contributed by atoms with Gasteiger partial charge >= 0.3 is 0 Å². The highest BCUT2D eigenvalue weighted by Gasteiger charge is 2.17. The molecule has 2 rings (SSSR count). The van der Waals surface area contributed by atoms with Gasteiger partial charge in [0.25, 0.3) is 5.91 Å². The van der Waals surface area contributed by atoms with Crippen molar-refractivity contribution in [3.8, 4) is 0 Å². The highest BCUT2D eigenvalue weighted by Crippen LogP contribution is 2.20. The van der Waals surface area contributed by atoms with Crippen molar-refractivity contribution in [2.45, 2.75) is 18.2 Å². The maximum absolute atomic E-state index is 13.5. The molecular weight excluding hydrogens is 465 g/mol. The van der Waals surface area contributed by atoms with E-state index in [1.165, 1.54) is 18.2 Å². The van der Waals surface area contributed by atoms with E-state index in [0.717, 1.165) is 6.07 Å². The van der Waals surface area contributed by atoms with Crippen molar-refractivity contribution in [1.29, 1.82) is 0 Å². The predicted octanol–water partition coefficient (Wildman–Crippen LogP) is 2.11. The molecule has 0 unspecified atom stereocenters. The molecule has 0 spiro atoms. The lowest BCUT2D eigenvalue weighted by Crippen LogP contribution is -2.36. The number of carbonyl (C=O) groups is 2. The second-order valence-electron chi connectivity index (χ2n) is 6.15. The van der Waals surface area contributed by atoms with Crippen molar-refractivity contribution < 1.29 is 22.4 Å². The van der Waals surface area contributed by atoms with Gasteiger partial charge in [-0.25, -0.2) is 17.5 Å². The molecule has 2 amide bonds. The van der Waals surface area contributed by atoms with Gasteiger partial charge in [0, 0.05) is 36.1 Å². The molecule has 3 N–H and O–H groups in total. The molecule has 0 saturated heterocycles. The van der Waals surface area contributed by atoms with Gasteiger partial charge in [-0.15, -0.1) is 0 Å². The number of nitrogens with one attached hydrogen (secondary N) is 3. The van der Waals surface area contributed by atoms with Crippen LogP contribution in [0.5, 0.6) is 0 Å². The standard InChI is InChI=1S/C19H21BrFN3O4S/c1-13-6-7-14(12-16(13)21)19(26)23-11-10-22-18(25)8-9-24-29(27,28)17-5-3-2-4-15(17)20/h2-7,12,24H,8-11H2,1H3,(H,22,25)(H,23,26). The van der Waals surface area contributed by atoms with Crippen LogP contribution in [0.1, 0.15) is 22.3 Å². The number of hydrogen-bond acceptors (Lipinski definition) is 4. The lowest BCUT2D eigenvalue weighted by Gasteiger charge is -2.09. The van der Waals surface area contributed by atoms with Crippen molar-refractivity contribution in [1.82, 2.24) is 15.4 Å². The van der Waals surface area contributed by atoms with Crippen LogP contribution in [0.4, 0.5) is 4.39 Å². The normalized spacial score (nSPS) is 11.1.